The largest absolute Gasteiger partial charge is 0.412 e. The van der Waals surface area contributed by atoms with Gasteiger partial charge in [-0.3, -0.25) is 10.5 Å². The van der Waals surface area contributed by atoms with E-state index in [4.69, 9.17) is 15.3 Å². The van der Waals surface area contributed by atoms with Crippen LogP contribution in [0.5, 0.6) is 0 Å². The molecule has 0 aliphatic carbocycles. The van der Waals surface area contributed by atoms with Crippen molar-refractivity contribution in [2.75, 3.05) is 0 Å². The molecule has 2 amide bonds. The molecule has 0 saturated carbocycles. The molecule has 0 fully saturated rings. The highest BCUT2D eigenvalue weighted by Gasteiger charge is 1.60. The Kier molecular flexibility index (Phi) is 45.1. The number of primary amides is 2. The molecular formula is CH8N2O4. The minimum absolute atomic E-state index is 0. The van der Waals surface area contributed by atoms with E-state index >= 15 is 0 Å². The lowest BCUT2D eigenvalue weighted by molar-refractivity contribution is -0.176. The van der Waals surface area contributed by atoms with Gasteiger partial charge in [0, 0.05) is 0 Å². The molecule has 6 nitrogen and oxygen atoms in total. The molecule has 0 bridgehead atoms. The van der Waals surface area contributed by atoms with Gasteiger partial charge in [0.15, 0.2) is 0 Å². The Balaban J connectivity index is -0.0000000480. The Labute approximate surface area is 39.6 Å². The van der Waals surface area contributed by atoms with Crippen LogP contribution in [0.3, 0.4) is 0 Å². The molecule has 0 aromatic heterocycles. The lowest BCUT2D eigenvalue weighted by Crippen LogP contribution is -2.18. The van der Waals surface area contributed by atoms with Crippen LogP contribution in [0.4, 0.5) is 4.79 Å². The third-order valence-corrected chi connectivity index (χ3v) is 0. The zero-order chi connectivity index (χ0) is 5.58. The number of carbonyl (C=O) groups is 1. The summed E-state index contributed by atoms with van der Waals surface area (Å²) in [6, 6.07) is -0.833. The second-order valence-electron chi connectivity index (χ2n) is 0.402. The van der Waals surface area contributed by atoms with Crippen LogP contribution in [0, 0.1) is 0 Å². The van der Waals surface area contributed by atoms with Crippen molar-refractivity contribution in [3.63, 3.8) is 0 Å². The van der Waals surface area contributed by atoms with Gasteiger partial charge in [0.2, 0.25) is 0 Å². The predicted molar refractivity (Wildman–Crippen MR) is 22.6 cm³/mol. The average Bonchev–Trinajstić information content (AvgIpc) is 1.41. The Morgan fingerprint density at radius 1 is 1.29 bits per heavy atom. The molecule has 0 aromatic rings. The standard InChI is InChI=1S/CH4N2O.H2O2.H2O/c2-1(3)4;1-2;/h(H4,2,3,4);1-2H;1H2. The van der Waals surface area contributed by atoms with Gasteiger partial charge < -0.3 is 16.9 Å². The molecule has 46 valence electrons. The molecule has 0 spiro atoms. The van der Waals surface area contributed by atoms with Crippen molar-refractivity contribution in [2.45, 2.75) is 0 Å². The van der Waals surface area contributed by atoms with Gasteiger partial charge >= 0.3 is 6.03 Å². The normalized spacial score (nSPS) is 4.29. The minimum Gasteiger partial charge on any atom is -0.412 e. The van der Waals surface area contributed by atoms with Gasteiger partial charge in [-0.1, -0.05) is 0 Å². The molecule has 0 atom stereocenters. The zero-order valence-electron chi connectivity index (χ0n) is 3.46. The molecule has 0 radical (unpaired) electrons. The maximum Gasteiger partial charge on any atom is 0.309 e. The molecule has 0 saturated heterocycles. The van der Waals surface area contributed by atoms with Crippen molar-refractivity contribution >= 4 is 6.03 Å². The summed E-state index contributed by atoms with van der Waals surface area (Å²) in [5.74, 6) is 0. The summed E-state index contributed by atoms with van der Waals surface area (Å²) in [6.07, 6.45) is 0. The van der Waals surface area contributed by atoms with Crippen LogP contribution in [-0.4, -0.2) is 22.0 Å². The second-order valence-corrected chi connectivity index (χ2v) is 0.402. The van der Waals surface area contributed by atoms with Crippen LogP contribution in [0.2, 0.25) is 0 Å². The monoisotopic (exact) mass is 112 g/mol. The van der Waals surface area contributed by atoms with E-state index in [1.54, 1.807) is 0 Å². The summed E-state index contributed by atoms with van der Waals surface area (Å²) in [5.41, 5.74) is 8.50. The van der Waals surface area contributed by atoms with Gasteiger partial charge in [0.05, 0.1) is 0 Å². The van der Waals surface area contributed by atoms with Crippen LogP contribution in [0.25, 0.3) is 0 Å². The number of nitrogens with two attached hydrogens (primary N) is 2. The van der Waals surface area contributed by atoms with E-state index in [2.05, 4.69) is 11.5 Å². The van der Waals surface area contributed by atoms with Crippen LogP contribution in [-0.2, 0) is 0 Å². The second kappa shape index (κ2) is 19.2. The van der Waals surface area contributed by atoms with Gasteiger partial charge in [-0.25, -0.2) is 4.79 Å². The number of rotatable bonds is 0. The first-order chi connectivity index (χ1) is 2.73. The van der Waals surface area contributed by atoms with Crippen molar-refractivity contribution < 1.29 is 20.8 Å². The highest BCUT2D eigenvalue weighted by Crippen LogP contribution is 1.25. The highest BCUT2D eigenvalue weighted by molar-refractivity contribution is 5.69. The predicted octanol–water partition coefficient (Wildman–Crippen LogP) is -1.78. The van der Waals surface area contributed by atoms with Gasteiger partial charge in [-0.2, -0.15) is 0 Å². The van der Waals surface area contributed by atoms with E-state index < -0.39 is 6.03 Å². The first-order valence-electron chi connectivity index (χ1n) is 0.981. The molecular weight excluding hydrogens is 104 g/mol. The summed E-state index contributed by atoms with van der Waals surface area (Å²) < 4.78 is 0. The topological polar surface area (TPSA) is 141 Å². The third-order valence-electron chi connectivity index (χ3n) is 0. The SMILES string of the molecule is NC(N)=O.O.OO. The summed E-state index contributed by atoms with van der Waals surface area (Å²) in [5, 5.41) is 12.0. The molecule has 0 rings (SSSR count). The smallest absolute Gasteiger partial charge is 0.309 e. The van der Waals surface area contributed by atoms with Crippen molar-refractivity contribution in [3.05, 3.63) is 0 Å². The number of hydrogen-bond acceptors (Lipinski definition) is 3. The van der Waals surface area contributed by atoms with E-state index in [0.717, 1.165) is 0 Å². The fraction of sp³-hybridized carbons (Fsp3) is 0. The number of carbonyl (C=O) groups excluding carboxylic acids is 1. The molecule has 6 heteroatoms. The van der Waals surface area contributed by atoms with Gasteiger partial charge in [-0.05, 0) is 0 Å². The molecule has 0 aliphatic rings. The summed E-state index contributed by atoms with van der Waals surface area (Å²) in [6.45, 7) is 0. The average molecular weight is 112 g/mol. The Hall–Kier alpha value is -0.850. The van der Waals surface area contributed by atoms with E-state index in [0.29, 0.717) is 0 Å². The minimum atomic E-state index is -0.833. The van der Waals surface area contributed by atoms with E-state index in [1.165, 1.54) is 0 Å². The van der Waals surface area contributed by atoms with E-state index in [1.807, 2.05) is 0 Å². The molecule has 7 heavy (non-hydrogen) atoms. The summed E-state index contributed by atoms with van der Waals surface area (Å²) in [4.78, 5) is 9.00. The third kappa shape index (κ3) is 70.7. The Bertz CT molecular complexity index is 32.7. The van der Waals surface area contributed by atoms with E-state index in [9.17, 15) is 0 Å². The number of amides is 2. The molecule has 0 unspecified atom stereocenters. The van der Waals surface area contributed by atoms with Crippen molar-refractivity contribution in [1.82, 2.24) is 0 Å². The van der Waals surface area contributed by atoms with Gasteiger partial charge in [0.1, 0.15) is 0 Å². The van der Waals surface area contributed by atoms with Gasteiger partial charge in [0.25, 0.3) is 0 Å². The van der Waals surface area contributed by atoms with Crippen molar-refractivity contribution in [3.8, 4) is 0 Å². The maximum atomic E-state index is 9.00. The van der Waals surface area contributed by atoms with Crippen LogP contribution in [0.1, 0.15) is 0 Å². The maximum absolute atomic E-state index is 9.00. The molecule has 0 aromatic carbocycles. The van der Waals surface area contributed by atoms with Crippen LogP contribution >= 0.6 is 0 Å². The molecule has 0 heterocycles. The highest BCUT2D eigenvalue weighted by atomic mass is 17.0. The first kappa shape index (κ1) is 16.4. The summed E-state index contributed by atoms with van der Waals surface area (Å²) >= 11 is 0. The zero-order valence-corrected chi connectivity index (χ0v) is 3.46. The van der Waals surface area contributed by atoms with Crippen LogP contribution < -0.4 is 11.5 Å². The fourth-order valence-corrected chi connectivity index (χ4v) is 0. The lowest BCUT2D eigenvalue weighted by Gasteiger charge is -1.62. The fourth-order valence-electron chi connectivity index (χ4n) is 0. The van der Waals surface area contributed by atoms with Crippen molar-refractivity contribution in [1.29, 1.82) is 0 Å². The van der Waals surface area contributed by atoms with E-state index in [-0.39, 0.29) is 5.48 Å². The van der Waals surface area contributed by atoms with Gasteiger partial charge in [-0.15, -0.1) is 0 Å². The Morgan fingerprint density at radius 3 is 1.29 bits per heavy atom. The summed E-state index contributed by atoms with van der Waals surface area (Å²) in [7, 11) is 0. The van der Waals surface area contributed by atoms with Crippen LogP contribution in [0.15, 0.2) is 0 Å². The number of hydrogen-bond donors (Lipinski definition) is 4. The number of urea groups is 1. The quantitative estimate of drug-likeness (QED) is 0.217. The molecule has 0 aliphatic heterocycles. The Morgan fingerprint density at radius 2 is 1.29 bits per heavy atom. The first-order valence-corrected chi connectivity index (χ1v) is 0.981. The van der Waals surface area contributed by atoms with Crippen molar-refractivity contribution in [2.24, 2.45) is 11.5 Å². The molecule has 8 N–H and O–H groups in total. The lowest BCUT2D eigenvalue weighted by atomic mass is 11.2.